The molecular formula is C17H19ClF3N3S2. The van der Waals surface area contributed by atoms with Crippen molar-refractivity contribution in [2.24, 2.45) is 5.92 Å². The van der Waals surface area contributed by atoms with E-state index in [1.54, 1.807) is 23.1 Å². The Balaban J connectivity index is 1.44. The number of likely N-dealkylation sites (tertiary alicyclic amines) is 1. The number of thiazole rings is 1. The zero-order valence-electron chi connectivity index (χ0n) is 13.9. The van der Waals surface area contributed by atoms with E-state index in [0.29, 0.717) is 31.3 Å². The predicted molar refractivity (Wildman–Crippen MR) is 100.0 cm³/mol. The van der Waals surface area contributed by atoms with Gasteiger partial charge in [0.25, 0.3) is 0 Å². The molecule has 1 saturated heterocycles. The van der Waals surface area contributed by atoms with Crippen molar-refractivity contribution in [2.75, 3.05) is 26.2 Å². The summed E-state index contributed by atoms with van der Waals surface area (Å²) in [6, 6.07) is 9.95. The first-order valence-corrected chi connectivity index (χ1v) is 10.3. The molecule has 1 aromatic heterocycles. The topological polar surface area (TPSA) is 28.2 Å². The number of aromatic nitrogens is 1. The number of nitrogens with zero attached hydrogens (tertiary/aromatic N) is 2. The molecule has 2 aromatic rings. The van der Waals surface area contributed by atoms with Crippen molar-refractivity contribution < 1.29 is 13.2 Å². The van der Waals surface area contributed by atoms with Crippen LogP contribution in [-0.2, 0) is 6.54 Å². The van der Waals surface area contributed by atoms with E-state index in [2.05, 4.69) is 10.3 Å². The largest absolute Gasteiger partial charge is 0.401 e. The smallest absolute Gasteiger partial charge is 0.311 e. The lowest BCUT2D eigenvalue weighted by Gasteiger charge is -2.17. The predicted octanol–water partition coefficient (Wildman–Crippen LogP) is 4.92. The minimum absolute atomic E-state index is 0.238. The summed E-state index contributed by atoms with van der Waals surface area (Å²) >= 11 is 9.33. The summed E-state index contributed by atoms with van der Waals surface area (Å²) in [5.41, 5.74) is 0. The summed E-state index contributed by atoms with van der Waals surface area (Å²) in [5.74, 6) is 0.238. The van der Waals surface area contributed by atoms with E-state index in [4.69, 9.17) is 11.6 Å². The summed E-state index contributed by atoms with van der Waals surface area (Å²) in [5, 5.41) is 3.81. The molecule has 1 N–H and O–H groups in total. The number of halogens is 4. The van der Waals surface area contributed by atoms with Crippen molar-refractivity contribution in [2.45, 2.75) is 28.4 Å². The molecule has 1 fully saturated rings. The van der Waals surface area contributed by atoms with Gasteiger partial charge < -0.3 is 5.32 Å². The minimum Gasteiger partial charge on any atom is -0.311 e. The summed E-state index contributed by atoms with van der Waals surface area (Å²) < 4.78 is 38.2. The molecule has 0 spiro atoms. The van der Waals surface area contributed by atoms with Gasteiger partial charge in [0.1, 0.15) is 5.15 Å². The van der Waals surface area contributed by atoms with E-state index in [1.165, 1.54) is 4.90 Å². The molecule has 0 radical (unpaired) electrons. The summed E-state index contributed by atoms with van der Waals surface area (Å²) in [4.78, 5) is 7.91. The van der Waals surface area contributed by atoms with Crippen LogP contribution in [0.1, 0.15) is 11.3 Å². The highest BCUT2D eigenvalue weighted by atomic mass is 35.5. The first-order valence-electron chi connectivity index (χ1n) is 8.27. The van der Waals surface area contributed by atoms with Crippen LogP contribution in [0.4, 0.5) is 13.2 Å². The van der Waals surface area contributed by atoms with Gasteiger partial charge in [-0.1, -0.05) is 41.6 Å². The van der Waals surface area contributed by atoms with E-state index >= 15 is 0 Å². The third-order valence-corrected chi connectivity index (χ3v) is 6.62. The van der Waals surface area contributed by atoms with Gasteiger partial charge in [-0.3, -0.25) is 4.90 Å². The second-order valence-electron chi connectivity index (χ2n) is 6.24. The van der Waals surface area contributed by atoms with Gasteiger partial charge in [-0.25, -0.2) is 4.98 Å². The molecule has 3 rings (SSSR count). The van der Waals surface area contributed by atoms with Gasteiger partial charge in [-0.15, -0.1) is 11.3 Å². The number of benzene rings is 1. The molecule has 0 unspecified atom stereocenters. The fourth-order valence-corrected chi connectivity index (χ4v) is 5.33. The van der Waals surface area contributed by atoms with E-state index in [9.17, 15) is 13.2 Å². The van der Waals surface area contributed by atoms with Gasteiger partial charge in [0.15, 0.2) is 4.34 Å². The highest BCUT2D eigenvalue weighted by molar-refractivity contribution is 8.01. The minimum atomic E-state index is -4.12. The quantitative estimate of drug-likeness (QED) is 0.686. The van der Waals surface area contributed by atoms with Crippen LogP contribution in [0.25, 0.3) is 0 Å². The Bertz CT molecular complexity index is 709. The number of hydrogen-bond acceptors (Lipinski definition) is 5. The Hall–Kier alpha value is -0.800. The van der Waals surface area contributed by atoms with Crippen molar-refractivity contribution in [3.63, 3.8) is 0 Å². The van der Waals surface area contributed by atoms with Crippen LogP contribution in [0.15, 0.2) is 39.6 Å². The van der Waals surface area contributed by atoms with Gasteiger partial charge in [-0.05, 0) is 37.6 Å². The first-order chi connectivity index (χ1) is 12.4. The molecular weight excluding hydrogens is 403 g/mol. The van der Waals surface area contributed by atoms with Crippen LogP contribution in [0.5, 0.6) is 0 Å². The number of hydrogen-bond donors (Lipinski definition) is 1. The van der Waals surface area contributed by atoms with Crippen LogP contribution >= 0.6 is 34.7 Å². The average Bonchev–Trinajstić information content (AvgIpc) is 3.14. The Labute approximate surface area is 163 Å². The van der Waals surface area contributed by atoms with Crippen molar-refractivity contribution in [1.82, 2.24) is 15.2 Å². The molecule has 0 aliphatic carbocycles. The van der Waals surface area contributed by atoms with E-state index in [-0.39, 0.29) is 5.92 Å². The highest BCUT2D eigenvalue weighted by Crippen LogP contribution is 2.34. The molecule has 0 saturated carbocycles. The van der Waals surface area contributed by atoms with Crippen LogP contribution in [0.2, 0.25) is 5.15 Å². The number of alkyl halides is 3. The Morgan fingerprint density at radius 1 is 1.31 bits per heavy atom. The third-order valence-electron chi connectivity index (χ3n) is 4.07. The lowest BCUT2D eigenvalue weighted by atomic mass is 10.1. The Morgan fingerprint density at radius 2 is 2.08 bits per heavy atom. The number of rotatable bonds is 7. The maximum Gasteiger partial charge on any atom is 0.401 e. The Morgan fingerprint density at radius 3 is 2.81 bits per heavy atom. The van der Waals surface area contributed by atoms with Crippen LogP contribution in [0, 0.1) is 5.92 Å². The van der Waals surface area contributed by atoms with Gasteiger partial charge >= 0.3 is 6.18 Å². The van der Waals surface area contributed by atoms with Crippen LogP contribution in [0.3, 0.4) is 0 Å². The van der Waals surface area contributed by atoms with Crippen LogP contribution < -0.4 is 5.32 Å². The zero-order valence-corrected chi connectivity index (χ0v) is 16.3. The molecule has 0 bridgehead atoms. The first kappa shape index (κ1) is 19.9. The average molecular weight is 422 g/mol. The lowest BCUT2D eigenvalue weighted by Crippen LogP contribution is -2.33. The summed E-state index contributed by atoms with van der Waals surface area (Å²) in [7, 11) is 0. The fraction of sp³-hybridized carbons (Fsp3) is 0.471. The Kier molecular flexibility index (Phi) is 6.85. The normalized spacial score (nSPS) is 18.5. The molecule has 142 valence electrons. The van der Waals surface area contributed by atoms with Gasteiger partial charge in [0.2, 0.25) is 0 Å². The molecule has 3 nitrogen and oxygen atoms in total. The molecule has 1 aromatic carbocycles. The summed E-state index contributed by atoms with van der Waals surface area (Å²) in [6.07, 6.45) is -3.33. The molecule has 26 heavy (non-hydrogen) atoms. The van der Waals surface area contributed by atoms with E-state index in [0.717, 1.165) is 20.5 Å². The molecule has 1 atom stereocenters. The third kappa shape index (κ3) is 6.13. The monoisotopic (exact) mass is 421 g/mol. The van der Waals surface area contributed by atoms with Crippen molar-refractivity contribution in [3.05, 3.63) is 40.4 Å². The molecule has 9 heteroatoms. The van der Waals surface area contributed by atoms with Gasteiger partial charge in [0, 0.05) is 18.0 Å². The van der Waals surface area contributed by atoms with Crippen molar-refractivity contribution in [1.29, 1.82) is 0 Å². The van der Waals surface area contributed by atoms with Gasteiger partial charge in [-0.2, -0.15) is 13.2 Å². The molecule has 1 aliphatic heterocycles. The zero-order chi connectivity index (χ0) is 18.6. The maximum absolute atomic E-state index is 12.4. The van der Waals surface area contributed by atoms with Gasteiger partial charge in [0.05, 0.1) is 11.4 Å². The highest BCUT2D eigenvalue weighted by Gasteiger charge is 2.34. The maximum atomic E-state index is 12.4. The number of nitrogens with one attached hydrogen (secondary N) is 1. The van der Waals surface area contributed by atoms with Crippen LogP contribution in [-0.4, -0.2) is 42.2 Å². The molecule has 0 amide bonds. The molecule has 2 heterocycles. The lowest BCUT2D eigenvalue weighted by molar-refractivity contribution is -0.143. The second kappa shape index (κ2) is 8.93. The SMILES string of the molecule is FC(F)(F)CN1CC[C@@H](CNCc2sc(Sc3ccccc3)nc2Cl)C1. The molecule has 1 aliphatic rings. The van der Waals surface area contributed by atoms with Crippen molar-refractivity contribution >= 4 is 34.7 Å². The summed E-state index contributed by atoms with van der Waals surface area (Å²) in [6.45, 7) is 1.44. The van der Waals surface area contributed by atoms with E-state index < -0.39 is 12.7 Å². The van der Waals surface area contributed by atoms with Crippen molar-refractivity contribution in [3.8, 4) is 0 Å². The fourth-order valence-electron chi connectivity index (χ4n) is 2.92. The standard InChI is InChI=1S/C17H19ClF3N3S2/c18-15-14(26-16(23-15)25-13-4-2-1-3-5-13)9-22-8-12-6-7-24(10-12)11-17(19,20)21/h1-5,12,22H,6-11H2/t12-/m0/s1. The second-order valence-corrected chi connectivity index (χ2v) is 9.01. The van der Waals surface area contributed by atoms with E-state index in [1.807, 2.05) is 30.3 Å².